The number of pyridine rings is 2. The van der Waals surface area contributed by atoms with Crippen LogP contribution in [-0.4, -0.2) is 52.4 Å². The third-order valence-electron chi connectivity index (χ3n) is 7.65. The number of carbonyl (C=O) groups is 1. The van der Waals surface area contributed by atoms with Crippen LogP contribution in [0.15, 0.2) is 41.1 Å². The van der Waals surface area contributed by atoms with Gasteiger partial charge in [0.05, 0.1) is 17.7 Å². The van der Waals surface area contributed by atoms with Gasteiger partial charge in [0.2, 0.25) is 11.8 Å². The molecule has 0 radical (unpaired) electrons. The molecule has 1 saturated carbocycles. The van der Waals surface area contributed by atoms with Crippen molar-refractivity contribution < 1.29 is 13.9 Å². The molecule has 38 heavy (non-hydrogen) atoms. The van der Waals surface area contributed by atoms with E-state index in [0.717, 1.165) is 77.6 Å². The first-order chi connectivity index (χ1) is 18.7. The van der Waals surface area contributed by atoms with Crippen molar-refractivity contribution in [1.29, 1.82) is 0 Å². The number of nitrogens with zero attached hydrogens (tertiary/aromatic N) is 4. The standard InChI is InChI=1S/C28H30N6O3S/c1-29-26-19-14-30-25(33-27(35)16-5-6-16)13-18(19)20(15-31-26)28-32-21-12-17(7-8-23(21)37-28)34-22(9-11-38-34)24-4-2-3-10-36-24/h7-8,12-16,22,24H,2-6,9-11H2,1H3,(H,29,31)(H,30,33,35). The number of anilines is 3. The van der Waals surface area contributed by atoms with Crippen LogP contribution in [-0.2, 0) is 9.53 Å². The normalized spacial score (nSPS) is 21.8. The van der Waals surface area contributed by atoms with Crippen LogP contribution in [0.5, 0.6) is 0 Å². The van der Waals surface area contributed by atoms with Crippen LogP contribution in [0.25, 0.3) is 33.3 Å². The largest absolute Gasteiger partial charge is 0.436 e. The number of nitrogens with one attached hydrogen (secondary N) is 2. The lowest BCUT2D eigenvalue weighted by Gasteiger charge is -2.34. The van der Waals surface area contributed by atoms with E-state index in [4.69, 9.17) is 14.1 Å². The molecule has 196 valence electrons. The number of carbonyl (C=O) groups excluding carboxylic acids is 1. The van der Waals surface area contributed by atoms with E-state index in [9.17, 15) is 4.79 Å². The summed E-state index contributed by atoms with van der Waals surface area (Å²) in [5.41, 5.74) is 3.41. The average Bonchev–Trinajstić information content (AvgIpc) is 3.54. The van der Waals surface area contributed by atoms with E-state index < -0.39 is 0 Å². The van der Waals surface area contributed by atoms with Crippen LogP contribution in [0, 0.1) is 5.92 Å². The molecular weight excluding hydrogens is 500 g/mol. The van der Waals surface area contributed by atoms with Crippen molar-refractivity contribution in [2.45, 2.75) is 50.7 Å². The highest BCUT2D eigenvalue weighted by Crippen LogP contribution is 2.40. The molecule has 3 fully saturated rings. The van der Waals surface area contributed by atoms with Gasteiger partial charge in [0.15, 0.2) is 5.58 Å². The van der Waals surface area contributed by atoms with Crippen LogP contribution < -0.4 is 14.9 Å². The number of hydrogen-bond acceptors (Lipinski definition) is 9. The van der Waals surface area contributed by atoms with Gasteiger partial charge in [0, 0.05) is 54.2 Å². The van der Waals surface area contributed by atoms with Crippen molar-refractivity contribution in [3.63, 3.8) is 0 Å². The van der Waals surface area contributed by atoms with E-state index in [1.807, 2.05) is 31.1 Å². The summed E-state index contributed by atoms with van der Waals surface area (Å²) in [6.07, 6.45) is 10.3. The van der Waals surface area contributed by atoms with E-state index >= 15 is 0 Å². The second-order valence-corrected chi connectivity index (χ2v) is 11.3. The maximum absolute atomic E-state index is 12.4. The van der Waals surface area contributed by atoms with Crippen LogP contribution >= 0.6 is 11.9 Å². The molecule has 1 aliphatic carbocycles. The van der Waals surface area contributed by atoms with E-state index in [0.29, 0.717) is 23.6 Å². The maximum atomic E-state index is 12.4. The zero-order valence-electron chi connectivity index (χ0n) is 21.3. The number of aromatic nitrogens is 3. The maximum Gasteiger partial charge on any atom is 0.229 e. The van der Waals surface area contributed by atoms with E-state index in [1.165, 1.54) is 6.42 Å². The van der Waals surface area contributed by atoms with Gasteiger partial charge in [-0.3, -0.25) is 4.79 Å². The second kappa shape index (κ2) is 9.74. The van der Waals surface area contributed by atoms with Gasteiger partial charge in [0.1, 0.15) is 17.2 Å². The van der Waals surface area contributed by atoms with E-state index in [1.54, 1.807) is 12.4 Å². The lowest BCUT2D eigenvalue weighted by atomic mass is 10.00. The summed E-state index contributed by atoms with van der Waals surface area (Å²) in [4.78, 5) is 26.3. The van der Waals surface area contributed by atoms with E-state index in [-0.39, 0.29) is 17.9 Å². The Hall–Kier alpha value is -3.37. The molecule has 0 bridgehead atoms. The molecule has 0 spiro atoms. The quantitative estimate of drug-likeness (QED) is 0.307. The predicted molar refractivity (Wildman–Crippen MR) is 150 cm³/mol. The lowest BCUT2D eigenvalue weighted by molar-refractivity contribution is -0.117. The second-order valence-electron chi connectivity index (χ2n) is 10.2. The molecule has 1 amide bonds. The fraction of sp³-hybridized carbons (Fsp3) is 0.429. The Balaban J connectivity index is 1.24. The molecule has 3 aliphatic rings. The summed E-state index contributed by atoms with van der Waals surface area (Å²) in [7, 11) is 1.83. The summed E-state index contributed by atoms with van der Waals surface area (Å²) in [5, 5.41) is 7.77. The summed E-state index contributed by atoms with van der Waals surface area (Å²) < 4.78 is 14.8. The Kier molecular flexibility index (Phi) is 6.08. The molecule has 5 heterocycles. The van der Waals surface area contributed by atoms with Crippen LogP contribution in [0.1, 0.15) is 38.5 Å². The highest BCUT2D eigenvalue weighted by Gasteiger charge is 2.35. The molecule has 9 nitrogen and oxygen atoms in total. The van der Waals surface area contributed by atoms with Crippen molar-refractivity contribution in [2.75, 3.05) is 34.3 Å². The molecular formula is C28H30N6O3S. The van der Waals surface area contributed by atoms with Gasteiger partial charge >= 0.3 is 0 Å². The smallest absolute Gasteiger partial charge is 0.229 e. The number of oxazole rings is 1. The highest BCUT2D eigenvalue weighted by molar-refractivity contribution is 8.00. The number of rotatable bonds is 6. The van der Waals surface area contributed by atoms with Gasteiger partial charge in [-0.25, -0.2) is 15.0 Å². The molecule has 2 atom stereocenters. The van der Waals surface area contributed by atoms with Gasteiger partial charge in [0.25, 0.3) is 0 Å². The first kappa shape index (κ1) is 23.7. The highest BCUT2D eigenvalue weighted by atomic mass is 32.2. The summed E-state index contributed by atoms with van der Waals surface area (Å²) in [6.45, 7) is 0.862. The molecule has 2 N–H and O–H groups in total. The van der Waals surface area contributed by atoms with Crippen LogP contribution in [0.4, 0.5) is 17.3 Å². The summed E-state index contributed by atoms with van der Waals surface area (Å²) in [6, 6.07) is 8.48. The molecule has 4 aromatic rings. The zero-order chi connectivity index (χ0) is 25.6. The number of amides is 1. The molecule has 2 unspecified atom stereocenters. The molecule has 2 aliphatic heterocycles. The first-order valence-electron chi connectivity index (χ1n) is 13.4. The predicted octanol–water partition coefficient (Wildman–Crippen LogP) is 5.62. The van der Waals surface area contributed by atoms with Crippen LogP contribution in [0.3, 0.4) is 0 Å². The zero-order valence-corrected chi connectivity index (χ0v) is 22.1. The average molecular weight is 531 g/mol. The molecule has 10 heteroatoms. The third kappa shape index (κ3) is 4.35. The van der Waals surface area contributed by atoms with Crippen molar-refractivity contribution in [2.24, 2.45) is 5.92 Å². The van der Waals surface area contributed by atoms with Gasteiger partial charge < -0.3 is 24.1 Å². The van der Waals surface area contributed by atoms with Crippen molar-refractivity contribution in [1.82, 2.24) is 15.0 Å². The summed E-state index contributed by atoms with van der Waals surface area (Å²) in [5.74, 6) is 2.93. The fourth-order valence-corrected chi connectivity index (χ4v) is 6.71. The van der Waals surface area contributed by atoms with Gasteiger partial charge in [-0.15, -0.1) is 0 Å². The summed E-state index contributed by atoms with van der Waals surface area (Å²) >= 11 is 1.86. The SMILES string of the molecule is CNc1ncc(-c2nc3cc(N4SCCC4C4CCCCO4)ccc3o2)c2cc(NC(=O)C3CC3)ncc12. The Morgan fingerprint density at radius 3 is 2.82 bits per heavy atom. The first-order valence-corrected chi connectivity index (χ1v) is 14.3. The molecule has 1 aromatic carbocycles. The van der Waals surface area contributed by atoms with Crippen molar-refractivity contribution in [3.05, 3.63) is 36.7 Å². The van der Waals surface area contributed by atoms with Crippen molar-refractivity contribution in [3.8, 4) is 11.5 Å². The van der Waals surface area contributed by atoms with Gasteiger partial charge in [-0.2, -0.15) is 0 Å². The minimum Gasteiger partial charge on any atom is -0.436 e. The third-order valence-corrected chi connectivity index (χ3v) is 8.83. The number of ether oxygens (including phenoxy) is 1. The Bertz CT molecular complexity index is 1510. The number of benzene rings is 1. The van der Waals surface area contributed by atoms with E-state index in [2.05, 4.69) is 37.0 Å². The number of fused-ring (bicyclic) bond motifs is 2. The fourth-order valence-electron chi connectivity index (χ4n) is 5.47. The monoisotopic (exact) mass is 530 g/mol. The topological polar surface area (TPSA) is 105 Å². The van der Waals surface area contributed by atoms with Crippen molar-refractivity contribution >= 4 is 57.1 Å². The number of hydrogen-bond donors (Lipinski definition) is 2. The Morgan fingerprint density at radius 2 is 2.00 bits per heavy atom. The van der Waals surface area contributed by atoms with Gasteiger partial charge in [-0.05, 0) is 74.7 Å². The van der Waals surface area contributed by atoms with Crippen LogP contribution in [0.2, 0.25) is 0 Å². The molecule has 2 saturated heterocycles. The minimum absolute atomic E-state index is 0.0207. The Morgan fingerprint density at radius 1 is 1.08 bits per heavy atom. The van der Waals surface area contributed by atoms with Gasteiger partial charge in [-0.1, -0.05) is 0 Å². The Labute approximate surface area is 224 Å². The minimum atomic E-state index is 0.0207. The molecule has 7 rings (SSSR count). The molecule has 3 aromatic heterocycles. The lowest BCUT2D eigenvalue weighted by Crippen LogP contribution is -2.39.